The molecule has 0 bridgehead atoms. The molecule has 0 saturated carbocycles. The Kier molecular flexibility index (Phi) is 3.23. The topological polar surface area (TPSA) is 24.9 Å². The van der Waals surface area contributed by atoms with Crippen molar-refractivity contribution in [1.82, 2.24) is 4.98 Å². The van der Waals surface area contributed by atoms with Gasteiger partial charge in [-0.25, -0.2) is 4.98 Å². The number of nitrogens with zero attached hydrogens (tertiary/aromatic N) is 1. The van der Waals surface area contributed by atoms with Crippen molar-refractivity contribution in [2.75, 3.05) is 5.32 Å². The van der Waals surface area contributed by atoms with Gasteiger partial charge in [0.05, 0.1) is 11.9 Å². The molecule has 0 aromatic carbocycles. The van der Waals surface area contributed by atoms with Gasteiger partial charge in [-0.1, -0.05) is 13.8 Å². The van der Waals surface area contributed by atoms with Crippen molar-refractivity contribution in [3.63, 3.8) is 0 Å². The average Bonchev–Trinajstić information content (AvgIpc) is 2.08. The Hall–Kier alpha value is -1.12. The molecule has 13 heavy (non-hydrogen) atoms. The summed E-state index contributed by atoms with van der Waals surface area (Å²) in [7, 11) is 0. The van der Waals surface area contributed by atoms with E-state index in [1.165, 1.54) is 12.3 Å². The molecule has 0 fully saturated rings. The summed E-state index contributed by atoms with van der Waals surface area (Å²) in [6.07, 6.45) is 1.51. The molecule has 0 saturated heterocycles. The first-order chi connectivity index (χ1) is 6.09. The Morgan fingerprint density at radius 1 is 1.31 bits per heavy atom. The molecule has 0 amide bonds. The molecule has 1 unspecified atom stereocenters. The van der Waals surface area contributed by atoms with Crippen LogP contribution in [0.15, 0.2) is 18.3 Å². The number of rotatable bonds is 3. The highest BCUT2D eigenvalue weighted by Crippen LogP contribution is 2.11. The molecule has 1 heterocycles. The molecule has 1 aromatic heterocycles. The van der Waals surface area contributed by atoms with Crippen LogP contribution in [-0.4, -0.2) is 11.0 Å². The van der Waals surface area contributed by atoms with Crippen LogP contribution < -0.4 is 5.32 Å². The smallest absolute Gasteiger partial charge is 0.212 e. The van der Waals surface area contributed by atoms with Crippen LogP contribution in [0.1, 0.15) is 20.8 Å². The Morgan fingerprint density at radius 3 is 2.46 bits per heavy atom. The van der Waals surface area contributed by atoms with Crippen LogP contribution in [0.2, 0.25) is 0 Å². The van der Waals surface area contributed by atoms with Crippen molar-refractivity contribution in [3.8, 4) is 0 Å². The first kappa shape index (κ1) is 9.96. The number of nitrogens with one attached hydrogen (secondary N) is 1. The van der Waals surface area contributed by atoms with E-state index in [4.69, 9.17) is 0 Å². The third kappa shape index (κ3) is 3.01. The first-order valence-electron chi connectivity index (χ1n) is 4.47. The summed E-state index contributed by atoms with van der Waals surface area (Å²) in [5.41, 5.74) is 0.864. The predicted molar refractivity (Wildman–Crippen MR) is 52.1 cm³/mol. The van der Waals surface area contributed by atoms with Gasteiger partial charge in [0.25, 0.3) is 0 Å². The highest BCUT2D eigenvalue weighted by Gasteiger charge is 2.06. The molecule has 1 atom stereocenters. The monoisotopic (exact) mass is 182 g/mol. The van der Waals surface area contributed by atoms with E-state index in [9.17, 15) is 4.39 Å². The van der Waals surface area contributed by atoms with Crippen molar-refractivity contribution < 1.29 is 4.39 Å². The normalized spacial score (nSPS) is 13.0. The van der Waals surface area contributed by atoms with E-state index >= 15 is 0 Å². The second-order valence-corrected chi connectivity index (χ2v) is 3.55. The fourth-order valence-corrected chi connectivity index (χ4v) is 0.891. The molecular formula is C10H15FN2. The number of aromatic nitrogens is 1. The second kappa shape index (κ2) is 4.21. The van der Waals surface area contributed by atoms with E-state index in [2.05, 4.69) is 31.1 Å². The molecule has 1 N–H and O–H groups in total. The molecule has 0 radical (unpaired) electrons. The van der Waals surface area contributed by atoms with Gasteiger partial charge >= 0.3 is 0 Å². The minimum Gasteiger partial charge on any atom is -0.381 e. The van der Waals surface area contributed by atoms with Crippen LogP contribution in [-0.2, 0) is 0 Å². The second-order valence-electron chi connectivity index (χ2n) is 3.55. The van der Waals surface area contributed by atoms with Crippen molar-refractivity contribution in [1.29, 1.82) is 0 Å². The van der Waals surface area contributed by atoms with Crippen LogP contribution in [0, 0.1) is 11.9 Å². The maximum atomic E-state index is 12.4. The molecule has 0 aliphatic heterocycles. The molecule has 0 aliphatic carbocycles. The summed E-state index contributed by atoms with van der Waals surface area (Å²) in [5, 5.41) is 3.24. The summed E-state index contributed by atoms with van der Waals surface area (Å²) in [6.45, 7) is 6.36. The number of hydrogen-bond donors (Lipinski definition) is 1. The molecular weight excluding hydrogens is 167 g/mol. The number of hydrogen-bond acceptors (Lipinski definition) is 2. The lowest BCUT2D eigenvalue weighted by molar-refractivity contribution is 0.557. The molecule has 3 heteroatoms. The zero-order valence-corrected chi connectivity index (χ0v) is 8.21. The van der Waals surface area contributed by atoms with Gasteiger partial charge in [-0.2, -0.15) is 4.39 Å². The van der Waals surface area contributed by atoms with E-state index in [-0.39, 0.29) is 0 Å². The van der Waals surface area contributed by atoms with Gasteiger partial charge in [-0.15, -0.1) is 0 Å². The van der Waals surface area contributed by atoms with E-state index in [0.29, 0.717) is 12.0 Å². The largest absolute Gasteiger partial charge is 0.381 e. The quantitative estimate of drug-likeness (QED) is 0.727. The minimum absolute atomic E-state index is 0.368. The zero-order chi connectivity index (χ0) is 9.84. The van der Waals surface area contributed by atoms with Gasteiger partial charge in [-0.05, 0) is 25.0 Å². The molecule has 1 aromatic rings. The number of halogens is 1. The summed E-state index contributed by atoms with van der Waals surface area (Å²) in [4.78, 5) is 3.56. The van der Waals surface area contributed by atoms with Gasteiger partial charge in [0.1, 0.15) is 0 Å². The number of anilines is 1. The summed E-state index contributed by atoms with van der Waals surface area (Å²) in [5.74, 6) is 0.104. The highest BCUT2D eigenvalue weighted by atomic mass is 19.1. The molecule has 2 nitrogen and oxygen atoms in total. The Bertz CT molecular complexity index is 256. The van der Waals surface area contributed by atoms with E-state index in [1.807, 2.05) is 0 Å². The molecule has 0 aliphatic rings. The molecule has 72 valence electrons. The van der Waals surface area contributed by atoms with E-state index in [1.54, 1.807) is 6.07 Å². The lowest BCUT2D eigenvalue weighted by Gasteiger charge is -2.18. The standard InChI is InChI=1S/C10H15FN2/c1-7(2)8(3)13-9-4-5-10(11)12-6-9/h4-8,13H,1-3H3. The highest BCUT2D eigenvalue weighted by molar-refractivity contribution is 5.40. The molecule has 0 spiro atoms. The van der Waals surface area contributed by atoms with Crippen molar-refractivity contribution >= 4 is 5.69 Å². The van der Waals surface area contributed by atoms with E-state index in [0.717, 1.165) is 5.69 Å². The number of pyridine rings is 1. The lowest BCUT2D eigenvalue weighted by Crippen LogP contribution is -2.21. The van der Waals surface area contributed by atoms with Crippen molar-refractivity contribution in [2.45, 2.75) is 26.8 Å². The van der Waals surface area contributed by atoms with Crippen LogP contribution in [0.3, 0.4) is 0 Å². The summed E-state index contributed by atoms with van der Waals surface area (Å²) < 4.78 is 12.4. The third-order valence-corrected chi connectivity index (χ3v) is 2.12. The average molecular weight is 182 g/mol. The van der Waals surface area contributed by atoms with Gasteiger partial charge < -0.3 is 5.32 Å². The van der Waals surface area contributed by atoms with Crippen molar-refractivity contribution in [3.05, 3.63) is 24.3 Å². The first-order valence-corrected chi connectivity index (χ1v) is 4.47. The summed E-state index contributed by atoms with van der Waals surface area (Å²) >= 11 is 0. The van der Waals surface area contributed by atoms with Gasteiger partial charge in [0.2, 0.25) is 5.95 Å². The zero-order valence-electron chi connectivity index (χ0n) is 8.21. The van der Waals surface area contributed by atoms with Gasteiger partial charge in [-0.3, -0.25) is 0 Å². The summed E-state index contributed by atoms with van der Waals surface area (Å²) in [6, 6.07) is 3.42. The van der Waals surface area contributed by atoms with Crippen LogP contribution >= 0.6 is 0 Å². The molecule has 1 rings (SSSR count). The maximum Gasteiger partial charge on any atom is 0.212 e. The minimum atomic E-state index is -0.442. The SMILES string of the molecule is CC(C)C(C)Nc1ccc(F)nc1. The van der Waals surface area contributed by atoms with Gasteiger partial charge in [0.15, 0.2) is 0 Å². The lowest BCUT2D eigenvalue weighted by atomic mass is 10.1. The third-order valence-electron chi connectivity index (χ3n) is 2.12. The Labute approximate surface area is 78.2 Å². The van der Waals surface area contributed by atoms with Crippen LogP contribution in [0.5, 0.6) is 0 Å². The predicted octanol–water partition coefficient (Wildman–Crippen LogP) is 2.68. The Morgan fingerprint density at radius 2 is 2.00 bits per heavy atom. The van der Waals surface area contributed by atoms with Gasteiger partial charge in [0, 0.05) is 6.04 Å². The Balaban J connectivity index is 2.59. The maximum absolute atomic E-state index is 12.4. The van der Waals surface area contributed by atoms with Crippen LogP contribution in [0.4, 0.5) is 10.1 Å². The fraction of sp³-hybridized carbons (Fsp3) is 0.500. The van der Waals surface area contributed by atoms with E-state index < -0.39 is 5.95 Å². The van der Waals surface area contributed by atoms with Crippen LogP contribution in [0.25, 0.3) is 0 Å². The fourth-order valence-electron chi connectivity index (χ4n) is 0.891. The van der Waals surface area contributed by atoms with Crippen molar-refractivity contribution in [2.24, 2.45) is 5.92 Å².